The van der Waals surface area contributed by atoms with Crippen molar-refractivity contribution in [2.45, 2.75) is 286 Å². The lowest BCUT2D eigenvalue weighted by molar-refractivity contribution is -0.148. The van der Waals surface area contributed by atoms with E-state index in [-0.39, 0.29) is 135 Å². The second-order valence-electron chi connectivity index (χ2n) is 35.0. The zero-order valence-corrected chi connectivity index (χ0v) is 77.1. The van der Waals surface area contributed by atoms with Crippen molar-refractivity contribution in [2.75, 3.05) is 45.9 Å². The Bertz CT molecular complexity index is 4600. The van der Waals surface area contributed by atoms with Gasteiger partial charge in [0, 0.05) is 52.0 Å². The maximum Gasteiger partial charge on any atom is 0.303 e. The summed E-state index contributed by atoms with van der Waals surface area (Å²) in [5.74, 6) is -24.5. The summed E-state index contributed by atoms with van der Waals surface area (Å²) in [6, 6.07) is -12.5. The Labute approximate surface area is 780 Å². The number of carbonyl (C=O) groups excluding carboxylic acids is 19. The average Bonchev–Trinajstić information content (AvgIpc) is 1.76. The van der Waals surface area contributed by atoms with Crippen LogP contribution < -0.4 is 91.6 Å². The highest BCUT2D eigenvalue weighted by Gasteiger charge is 2.48. The number of nitrogens with one attached hydrogen (secondary N) is 15. The number of aliphatic carboxylic acids is 1. The van der Waals surface area contributed by atoms with Crippen LogP contribution in [0.1, 0.15) is 176 Å². The molecule has 26 N–H and O–H groups in total. The summed E-state index contributed by atoms with van der Waals surface area (Å²) in [5, 5.41) is 95.8. The molecule has 5 fully saturated rings. The number of aromatic hydroxyl groups is 1. The third-order valence-corrected chi connectivity index (χ3v) is 25.0. The van der Waals surface area contributed by atoms with Gasteiger partial charge in [0.2, 0.25) is 112 Å². The van der Waals surface area contributed by atoms with E-state index in [1.165, 1.54) is 47.9 Å². The van der Waals surface area contributed by atoms with E-state index in [1.54, 1.807) is 65.0 Å². The second kappa shape index (κ2) is 51.9. The van der Waals surface area contributed by atoms with Crippen molar-refractivity contribution < 1.29 is 121 Å². The molecule has 47 heteroatoms. The zero-order chi connectivity index (χ0) is 99.9. The van der Waals surface area contributed by atoms with Crippen molar-refractivity contribution in [1.29, 1.82) is 5.41 Å². The van der Waals surface area contributed by atoms with Crippen molar-refractivity contribution in [2.24, 2.45) is 35.0 Å². The third kappa shape index (κ3) is 31.2. The molecule has 135 heavy (non-hydrogen) atoms. The number of fused-ring (bicyclic) bond motifs is 4. The van der Waals surface area contributed by atoms with E-state index in [0.717, 1.165) is 16.7 Å². The minimum atomic E-state index is -2.10. The fourth-order valence-electron chi connectivity index (χ4n) is 16.7. The van der Waals surface area contributed by atoms with Gasteiger partial charge in [0.25, 0.3) is 0 Å². The number of phenols is 1. The number of hydrogen-bond donors (Lipinski definition) is 23. The summed E-state index contributed by atoms with van der Waals surface area (Å²) in [6.07, 6.45) is -6.43. The topological polar surface area (TPSA) is 726 Å². The molecule has 21 atom stereocenters. The molecule has 0 radical (unpaired) electrons. The number of nitrogens with zero attached hydrogens (tertiary/aromatic N) is 4. The molecule has 7 rings (SSSR count). The van der Waals surface area contributed by atoms with E-state index in [1.807, 2.05) is 0 Å². The van der Waals surface area contributed by atoms with E-state index in [2.05, 4.69) is 74.4 Å². The highest BCUT2D eigenvalue weighted by Crippen LogP contribution is 2.29. The fourth-order valence-corrected chi connectivity index (χ4v) is 16.7. The molecule has 0 aliphatic carbocycles. The Morgan fingerprint density at radius 1 is 0.415 bits per heavy atom. The van der Waals surface area contributed by atoms with Crippen LogP contribution in [0, 0.1) is 23.2 Å². The first-order valence-corrected chi connectivity index (χ1v) is 45.7. The number of guanidine groups is 1. The minimum Gasteiger partial charge on any atom is -0.508 e. The molecule has 19 amide bonds. The largest absolute Gasteiger partial charge is 0.508 e. The quantitative estimate of drug-likeness (QED) is 0.0264. The van der Waals surface area contributed by atoms with Gasteiger partial charge in [-0.3, -0.25) is 101 Å². The molecule has 0 saturated carbocycles. The Kier molecular flexibility index (Phi) is 41.8. The average molecular weight is 1900 g/mol. The number of benzene rings is 2. The predicted octanol–water partition coefficient (Wildman–Crippen LogP) is -7.14. The van der Waals surface area contributed by atoms with Gasteiger partial charge >= 0.3 is 5.97 Å². The van der Waals surface area contributed by atoms with Crippen LogP contribution in [-0.4, -0.2) is 324 Å². The van der Waals surface area contributed by atoms with Gasteiger partial charge in [-0.1, -0.05) is 103 Å². The Balaban J connectivity index is 1.25. The monoisotopic (exact) mass is 1900 g/mol. The van der Waals surface area contributed by atoms with Crippen molar-refractivity contribution in [3.05, 3.63) is 65.7 Å². The van der Waals surface area contributed by atoms with Crippen LogP contribution >= 0.6 is 0 Å². The zero-order valence-electron chi connectivity index (χ0n) is 77.1. The van der Waals surface area contributed by atoms with Crippen molar-refractivity contribution in [3.63, 3.8) is 0 Å². The molecule has 5 aliphatic heterocycles. The molecule has 5 saturated heterocycles. The van der Waals surface area contributed by atoms with Crippen molar-refractivity contribution in [3.8, 4) is 5.75 Å². The number of aliphatic hydroxyl groups is 3. The summed E-state index contributed by atoms with van der Waals surface area (Å²) in [4.78, 5) is 291. The Morgan fingerprint density at radius 2 is 0.770 bits per heavy atom. The molecule has 5 aliphatic rings. The lowest BCUT2D eigenvalue weighted by Crippen LogP contribution is -2.63. The van der Waals surface area contributed by atoms with Crippen LogP contribution in [0.15, 0.2) is 54.6 Å². The number of carboxylic acid groups (broad SMARTS) is 1. The van der Waals surface area contributed by atoms with Crippen molar-refractivity contribution in [1.82, 2.24) is 94.0 Å². The lowest BCUT2D eigenvalue weighted by Gasteiger charge is -2.34. The Morgan fingerprint density at radius 3 is 1.28 bits per heavy atom. The molecular weight excluding hydrogens is 1770 g/mol. The molecule has 0 spiro atoms. The van der Waals surface area contributed by atoms with Crippen LogP contribution in [0.3, 0.4) is 0 Å². The highest BCUT2D eigenvalue weighted by molar-refractivity contribution is 6.03. The van der Waals surface area contributed by atoms with Gasteiger partial charge in [-0.2, -0.15) is 0 Å². The van der Waals surface area contributed by atoms with Crippen molar-refractivity contribution >= 4 is 124 Å². The first kappa shape index (κ1) is 109. The molecule has 2 aromatic carbocycles. The number of carbonyl (C=O) groups is 20. The summed E-state index contributed by atoms with van der Waals surface area (Å²) >= 11 is 0. The molecule has 744 valence electrons. The molecule has 5 heterocycles. The maximum atomic E-state index is 15.4. The Hall–Kier alpha value is -13.2. The van der Waals surface area contributed by atoms with E-state index in [0.29, 0.717) is 11.1 Å². The normalized spacial score (nSPS) is 27.6. The van der Waals surface area contributed by atoms with Crippen LogP contribution in [0.2, 0.25) is 0 Å². The van der Waals surface area contributed by atoms with Gasteiger partial charge in [-0.15, -0.1) is 0 Å². The fraction of sp³-hybridized carbons (Fsp3) is 0.625. The number of amides is 19. The van der Waals surface area contributed by atoms with Crippen LogP contribution in [0.5, 0.6) is 5.75 Å². The number of phenolic OH excluding ortho intramolecular Hbond substituents is 1. The van der Waals surface area contributed by atoms with Gasteiger partial charge < -0.3 is 137 Å². The number of hydrogen-bond acceptors (Lipinski definition) is 25. The van der Waals surface area contributed by atoms with Gasteiger partial charge in [-0.05, 0) is 125 Å². The molecular formula is C88H132N22O25. The smallest absolute Gasteiger partial charge is 0.303 e. The second-order valence-corrected chi connectivity index (χ2v) is 35.0. The molecule has 0 aromatic heterocycles. The van der Waals surface area contributed by atoms with E-state index in [4.69, 9.17) is 22.6 Å². The summed E-state index contributed by atoms with van der Waals surface area (Å²) in [6.45, 7) is 9.47. The summed E-state index contributed by atoms with van der Waals surface area (Å²) in [5.41, 5.74) is 17.7. The molecule has 0 unspecified atom stereocenters. The van der Waals surface area contributed by atoms with E-state index < -0.39 is 290 Å². The molecule has 0 bridgehead atoms. The number of nitrogens with two attached hydrogens (primary N) is 3. The van der Waals surface area contributed by atoms with Crippen LogP contribution in [0.4, 0.5) is 0 Å². The number of primary amides is 2. The van der Waals surface area contributed by atoms with Crippen LogP contribution in [0.25, 0.3) is 0 Å². The van der Waals surface area contributed by atoms with Gasteiger partial charge in [0.15, 0.2) is 5.96 Å². The molecule has 2 aromatic rings. The molecule has 47 nitrogen and oxygen atoms in total. The van der Waals surface area contributed by atoms with Gasteiger partial charge in [0.05, 0.1) is 38.2 Å². The summed E-state index contributed by atoms with van der Waals surface area (Å²) in [7, 11) is 0. The third-order valence-electron chi connectivity index (χ3n) is 25.0. The van der Waals surface area contributed by atoms with E-state index >= 15 is 19.2 Å². The lowest BCUT2D eigenvalue weighted by atomic mass is 9.96. The standard InChI is InChI=1S/C88H132N22O25/c1-9-44(4)67-80(128)94-42-65(117)107-34-16-23-59(107)78(126)105-70(47(7)112)83(131)96-53(31-32-66(118)119)72(120)97-55(40-63(89)115)75(123)101-58(43-111)76(124)103-68(45(5)10-2)81(129)100-57(41-64(90)116)86(134)108-35-17-25-61(108)79(127)104-69(46(6)11-3)82(130)106-71(48(8)113)84(132)99-56(39-49-20-13-12-14-21-49)85(133)110-37-19-26-62(110)87(135)109-36-18-24-60(109)77(125)98-54(38-50-27-29-51(114)30-28-50)74(122)95-52(73(121)102-67)22-15-33-93-88(91)92/h12-14,20-21,27-30,44-48,52-62,67-71,111-114H,9-11,15-19,22-26,31-43H2,1-8H3,(H2,89,115)(H2,90,116)(H,94,128)(H,95,122)(H,96,131)(H,97,120)(H,98,125)(H,99,132)(H,100,129)(H,101,123)(H,102,121)(H,103,124)(H,104,127)(H,105,126)(H,106,130)(H,118,119)(H4,91,92,93)/t44-,45-,46-,47-,48-,52-,53+,54-,55-,56-,57-,58+,59-,60+,61-,62-,67-,68-,69-,70-,71-/m0/s1. The summed E-state index contributed by atoms with van der Waals surface area (Å²) < 4.78 is 0. The highest BCUT2D eigenvalue weighted by atomic mass is 16.4. The predicted molar refractivity (Wildman–Crippen MR) is 480 cm³/mol. The van der Waals surface area contributed by atoms with Crippen LogP contribution in [-0.2, 0) is 109 Å². The first-order chi connectivity index (χ1) is 63.9. The van der Waals surface area contributed by atoms with Gasteiger partial charge in [-0.25, -0.2) is 0 Å². The number of rotatable bonds is 24. The SMILES string of the molecule is CC[C@H](C)[C@@H]1NC(=O)[C@H](CCCNC(=N)N)NC(=O)[C@H](Cc2ccc(O)cc2)NC(=O)[C@H]2CCCN2C(=O)[C@@H]2CCCN2C(=O)[C@H](Cc2ccccc2)NC(=O)[C@H]([C@H](C)O)NC(=O)[C@H]([C@@H](C)CC)NC(=O)[C@@H]2CCCN2C(=O)[C@H](CC(N)=O)NC(=O)[C@H]([C@@H](C)CC)NC(=O)[C@@H](CO)NC(=O)[C@H](CC(N)=O)NC(=O)[C@@H](CCC(=O)O)NC(=O)[C@H]([C@H](C)O)NC(=O)[C@@H]2CCCN2C(=O)CNC1=O. The van der Waals surface area contributed by atoms with E-state index in [9.17, 15) is 102 Å². The number of aliphatic hydroxyl groups excluding tert-OH is 3. The first-order valence-electron chi connectivity index (χ1n) is 45.7. The van der Waals surface area contributed by atoms with Gasteiger partial charge in [0.1, 0.15) is 102 Å². The number of carboxylic acids is 1. The minimum absolute atomic E-state index is 0.00800. The maximum absolute atomic E-state index is 15.4.